The van der Waals surface area contributed by atoms with Crippen molar-refractivity contribution in [2.24, 2.45) is 0 Å². The lowest BCUT2D eigenvalue weighted by molar-refractivity contribution is -0.126. The second-order valence-electron chi connectivity index (χ2n) is 6.97. The molecule has 2 N–H and O–H groups in total. The quantitative estimate of drug-likeness (QED) is 0.701. The van der Waals surface area contributed by atoms with Crippen molar-refractivity contribution in [1.29, 1.82) is 0 Å². The number of hydrogen-bond acceptors (Lipinski definition) is 5. The molecule has 0 saturated heterocycles. The lowest BCUT2D eigenvalue weighted by atomic mass is 10.0. The van der Waals surface area contributed by atoms with Crippen molar-refractivity contribution in [3.8, 4) is 0 Å². The van der Waals surface area contributed by atoms with Crippen LogP contribution in [0.15, 0.2) is 48.5 Å². The Bertz CT molecular complexity index is 988. The van der Waals surface area contributed by atoms with Gasteiger partial charge in [-0.15, -0.1) is 5.10 Å². The van der Waals surface area contributed by atoms with E-state index in [1.54, 1.807) is 19.1 Å². The monoisotopic (exact) mass is 381 g/mol. The van der Waals surface area contributed by atoms with Gasteiger partial charge in [-0.2, -0.15) is 0 Å². The highest BCUT2D eigenvalue weighted by molar-refractivity contribution is 5.81. The molecule has 1 aliphatic carbocycles. The van der Waals surface area contributed by atoms with Crippen molar-refractivity contribution < 1.29 is 14.3 Å². The van der Waals surface area contributed by atoms with Gasteiger partial charge < -0.3 is 10.4 Å². The second kappa shape index (κ2) is 7.47. The molecule has 28 heavy (non-hydrogen) atoms. The lowest BCUT2D eigenvalue weighted by Gasteiger charge is -2.23. The number of amides is 1. The molecule has 0 fully saturated rings. The van der Waals surface area contributed by atoms with E-state index in [1.807, 2.05) is 24.3 Å². The van der Waals surface area contributed by atoms with Gasteiger partial charge >= 0.3 is 0 Å². The summed E-state index contributed by atoms with van der Waals surface area (Å²) in [4.78, 5) is 13.2. The molecule has 144 valence electrons. The van der Waals surface area contributed by atoms with Crippen molar-refractivity contribution in [2.75, 3.05) is 0 Å². The van der Waals surface area contributed by atoms with Gasteiger partial charge in [0.2, 0.25) is 5.91 Å². The van der Waals surface area contributed by atoms with Gasteiger partial charge in [0.1, 0.15) is 17.7 Å². The molecule has 0 radical (unpaired) electrons. The van der Waals surface area contributed by atoms with Crippen LogP contribution in [0.5, 0.6) is 0 Å². The predicted molar refractivity (Wildman–Crippen MR) is 98.7 cm³/mol. The van der Waals surface area contributed by atoms with Crippen LogP contribution in [0.25, 0.3) is 0 Å². The van der Waals surface area contributed by atoms with Crippen LogP contribution in [0.4, 0.5) is 4.39 Å². The third-order valence-corrected chi connectivity index (χ3v) is 5.10. The summed E-state index contributed by atoms with van der Waals surface area (Å²) in [6.45, 7) is 1.71. The molecule has 1 heterocycles. The van der Waals surface area contributed by atoms with Crippen LogP contribution in [0.3, 0.4) is 0 Å². The Balaban J connectivity index is 1.60. The lowest BCUT2D eigenvalue weighted by Crippen LogP contribution is -2.40. The highest BCUT2D eigenvalue weighted by Gasteiger charge is 2.34. The fourth-order valence-corrected chi connectivity index (χ4v) is 3.66. The Morgan fingerprint density at radius 1 is 1.29 bits per heavy atom. The van der Waals surface area contributed by atoms with Crippen molar-refractivity contribution in [1.82, 2.24) is 25.5 Å². The van der Waals surface area contributed by atoms with E-state index in [0.717, 1.165) is 16.7 Å². The van der Waals surface area contributed by atoms with Crippen molar-refractivity contribution in [3.63, 3.8) is 0 Å². The number of aliphatic hydroxyl groups is 1. The van der Waals surface area contributed by atoms with Gasteiger partial charge in [0, 0.05) is 12.8 Å². The number of aryl methyl sites for hydroxylation is 1. The number of fused-ring (bicyclic) bond motifs is 1. The Labute approximate surface area is 161 Å². The van der Waals surface area contributed by atoms with Crippen LogP contribution in [-0.4, -0.2) is 37.3 Å². The smallest absolute Gasteiger partial charge is 0.245 e. The summed E-state index contributed by atoms with van der Waals surface area (Å²) >= 11 is 0. The van der Waals surface area contributed by atoms with E-state index in [-0.39, 0.29) is 11.7 Å². The Morgan fingerprint density at radius 3 is 2.75 bits per heavy atom. The summed E-state index contributed by atoms with van der Waals surface area (Å²) in [5.41, 5.74) is 2.72. The molecule has 0 aliphatic heterocycles. The Kier molecular flexibility index (Phi) is 4.87. The fourth-order valence-electron chi connectivity index (χ4n) is 3.66. The van der Waals surface area contributed by atoms with E-state index in [9.17, 15) is 14.3 Å². The minimum atomic E-state index is -0.722. The highest BCUT2D eigenvalue weighted by Crippen LogP contribution is 2.32. The zero-order chi connectivity index (χ0) is 19.7. The summed E-state index contributed by atoms with van der Waals surface area (Å²) in [6.07, 6.45) is 0.0959. The van der Waals surface area contributed by atoms with Crippen molar-refractivity contribution >= 4 is 5.91 Å². The van der Waals surface area contributed by atoms with Crippen LogP contribution in [0, 0.1) is 12.7 Å². The summed E-state index contributed by atoms with van der Waals surface area (Å²) in [7, 11) is 0. The van der Waals surface area contributed by atoms with Gasteiger partial charge in [0.05, 0.1) is 12.1 Å². The normalized spacial score (nSPS) is 19.2. The molecule has 1 aromatic heterocycles. The maximum Gasteiger partial charge on any atom is 0.245 e. The number of rotatable bonds is 5. The van der Waals surface area contributed by atoms with E-state index in [2.05, 4.69) is 20.8 Å². The van der Waals surface area contributed by atoms with Crippen LogP contribution in [0.2, 0.25) is 0 Å². The first-order chi connectivity index (χ1) is 13.5. The maximum absolute atomic E-state index is 13.2. The number of tetrazole rings is 1. The first kappa shape index (κ1) is 18.2. The van der Waals surface area contributed by atoms with E-state index >= 15 is 0 Å². The number of halogens is 1. The van der Waals surface area contributed by atoms with Gasteiger partial charge in [0.25, 0.3) is 0 Å². The number of aliphatic hydroxyl groups excluding tert-OH is 1. The number of carbonyl (C=O) groups is 1. The molecule has 1 amide bonds. The first-order valence-corrected chi connectivity index (χ1v) is 9.08. The van der Waals surface area contributed by atoms with Gasteiger partial charge in [-0.25, -0.2) is 9.07 Å². The summed E-state index contributed by atoms with van der Waals surface area (Å²) in [5, 5.41) is 24.9. The molecule has 3 aromatic rings. The molecule has 3 atom stereocenters. The number of nitrogens with one attached hydrogen (secondary N) is 1. The van der Waals surface area contributed by atoms with E-state index in [1.165, 1.54) is 16.8 Å². The van der Waals surface area contributed by atoms with E-state index < -0.39 is 18.2 Å². The topological polar surface area (TPSA) is 92.9 Å². The minimum Gasteiger partial charge on any atom is -0.390 e. The van der Waals surface area contributed by atoms with Crippen molar-refractivity contribution in [3.05, 3.63) is 76.9 Å². The number of nitrogens with zero attached hydrogens (tertiary/aromatic N) is 4. The number of hydrogen-bond donors (Lipinski definition) is 2. The fraction of sp³-hybridized carbons (Fsp3) is 0.300. The number of aromatic nitrogens is 4. The molecule has 0 saturated carbocycles. The third kappa shape index (κ3) is 3.50. The Hall–Kier alpha value is -3.13. The summed E-state index contributed by atoms with van der Waals surface area (Å²) < 4.78 is 14.7. The standard InChI is InChI=1S/C20H20FN5O2/c1-12-23-24-25-26(12)17(10-13-6-8-15(21)9-7-13)20(28)22-19-16-5-3-2-4-14(16)11-18(19)27/h2-9,17-19,27H,10-11H2,1H3,(H,22,28). The highest BCUT2D eigenvalue weighted by atomic mass is 19.1. The van der Waals surface area contributed by atoms with Crippen LogP contribution >= 0.6 is 0 Å². The van der Waals surface area contributed by atoms with E-state index in [4.69, 9.17) is 0 Å². The summed E-state index contributed by atoms with van der Waals surface area (Å²) in [6, 6.07) is 12.4. The average molecular weight is 381 g/mol. The second-order valence-corrected chi connectivity index (χ2v) is 6.97. The third-order valence-electron chi connectivity index (χ3n) is 5.10. The molecule has 1 aliphatic rings. The number of benzene rings is 2. The SMILES string of the molecule is Cc1nnnn1C(Cc1ccc(F)cc1)C(=O)NC1c2ccccc2CC1O. The minimum absolute atomic E-state index is 0.294. The van der Waals surface area contributed by atoms with Crippen LogP contribution in [0.1, 0.15) is 34.6 Å². The average Bonchev–Trinajstić information content (AvgIpc) is 3.24. The molecule has 0 spiro atoms. The van der Waals surface area contributed by atoms with Crippen LogP contribution in [-0.2, 0) is 17.6 Å². The zero-order valence-corrected chi connectivity index (χ0v) is 15.3. The van der Waals surface area contributed by atoms with Crippen LogP contribution < -0.4 is 5.32 Å². The van der Waals surface area contributed by atoms with Gasteiger partial charge in [0.15, 0.2) is 0 Å². The maximum atomic E-state index is 13.2. The molecule has 0 bridgehead atoms. The zero-order valence-electron chi connectivity index (χ0n) is 15.3. The largest absolute Gasteiger partial charge is 0.390 e. The summed E-state index contributed by atoms with van der Waals surface area (Å²) in [5.74, 6) is -0.149. The first-order valence-electron chi connectivity index (χ1n) is 9.08. The van der Waals surface area contributed by atoms with Crippen molar-refractivity contribution in [2.45, 2.75) is 38.0 Å². The predicted octanol–water partition coefficient (Wildman–Crippen LogP) is 1.68. The molecule has 4 rings (SSSR count). The molecular weight excluding hydrogens is 361 g/mol. The molecule has 3 unspecified atom stereocenters. The molecular formula is C20H20FN5O2. The number of carbonyl (C=O) groups excluding carboxylic acids is 1. The van der Waals surface area contributed by atoms with E-state index in [0.29, 0.717) is 18.7 Å². The van der Waals surface area contributed by atoms with Gasteiger partial charge in [-0.05, 0) is 46.2 Å². The van der Waals surface area contributed by atoms with Gasteiger partial charge in [-0.1, -0.05) is 36.4 Å². The molecule has 2 aromatic carbocycles. The van der Waals surface area contributed by atoms with Gasteiger partial charge in [-0.3, -0.25) is 4.79 Å². The molecule has 8 heteroatoms. The Morgan fingerprint density at radius 2 is 2.04 bits per heavy atom. The molecule has 7 nitrogen and oxygen atoms in total.